The van der Waals surface area contributed by atoms with Crippen LogP contribution in [-0.2, 0) is 6.54 Å². The van der Waals surface area contributed by atoms with E-state index in [1.807, 2.05) is 30.9 Å². The lowest BCUT2D eigenvalue weighted by Gasteiger charge is -2.32. The molecule has 134 valence electrons. The average Bonchev–Trinajstić information content (AvgIpc) is 2.61. The van der Waals surface area contributed by atoms with E-state index in [9.17, 15) is 9.18 Å². The molecule has 0 saturated carbocycles. The number of aryl methyl sites for hydroxylation is 2. The maximum Gasteiger partial charge on any atom is 0.339 e. The normalized spacial score (nSPS) is 13.7. The highest BCUT2D eigenvalue weighted by atomic mass is 79.9. The van der Waals surface area contributed by atoms with Crippen molar-refractivity contribution in [2.45, 2.75) is 27.3 Å². The van der Waals surface area contributed by atoms with Gasteiger partial charge in [-0.3, -0.25) is 0 Å². The molecular weight excluding hydrogens is 401 g/mol. The van der Waals surface area contributed by atoms with E-state index < -0.39 is 0 Å². The maximum atomic E-state index is 14.3. The summed E-state index contributed by atoms with van der Waals surface area (Å²) in [5.74, 6) is 0.402. The van der Waals surface area contributed by atoms with Gasteiger partial charge in [-0.15, -0.1) is 0 Å². The summed E-state index contributed by atoms with van der Waals surface area (Å²) in [5, 5.41) is 0.889. The molecular formula is C20H17BrFNO3. The van der Waals surface area contributed by atoms with Gasteiger partial charge in [0.1, 0.15) is 17.1 Å². The van der Waals surface area contributed by atoms with Crippen LogP contribution < -0.4 is 15.3 Å². The highest BCUT2D eigenvalue weighted by Gasteiger charge is 2.24. The van der Waals surface area contributed by atoms with Crippen molar-refractivity contribution in [1.82, 2.24) is 0 Å². The minimum atomic E-state index is -0.326. The van der Waals surface area contributed by atoms with E-state index in [0.717, 1.165) is 22.1 Å². The van der Waals surface area contributed by atoms with Crippen molar-refractivity contribution in [3.63, 3.8) is 0 Å². The first-order valence-electron chi connectivity index (χ1n) is 8.26. The van der Waals surface area contributed by atoms with Crippen LogP contribution in [0.4, 0.5) is 10.1 Å². The smallest absolute Gasteiger partial charge is 0.339 e. The summed E-state index contributed by atoms with van der Waals surface area (Å²) in [6.45, 7) is 6.30. The summed E-state index contributed by atoms with van der Waals surface area (Å²) >= 11 is 3.28. The standard InChI is InChI=1S/C20H17BrFNO3/c1-10-11(2)20(24)26-19-12(3)18-13(6-15(10)19)8-23(9-25-18)17-5-4-14(21)7-16(17)22/h4-7H,8-9H2,1-3H3. The van der Waals surface area contributed by atoms with Crippen molar-refractivity contribution in [2.75, 3.05) is 11.6 Å². The highest BCUT2D eigenvalue weighted by Crippen LogP contribution is 2.37. The molecule has 0 unspecified atom stereocenters. The molecule has 3 aromatic rings. The minimum absolute atomic E-state index is 0.229. The Hall–Kier alpha value is -2.34. The Morgan fingerprint density at radius 3 is 2.62 bits per heavy atom. The third-order valence-electron chi connectivity index (χ3n) is 4.98. The fourth-order valence-electron chi connectivity index (χ4n) is 3.39. The van der Waals surface area contributed by atoms with E-state index in [2.05, 4.69) is 15.9 Å². The fourth-order valence-corrected chi connectivity index (χ4v) is 3.72. The Kier molecular flexibility index (Phi) is 4.03. The molecule has 4 nitrogen and oxygen atoms in total. The van der Waals surface area contributed by atoms with E-state index in [1.165, 1.54) is 6.07 Å². The topological polar surface area (TPSA) is 42.7 Å². The summed E-state index contributed by atoms with van der Waals surface area (Å²) in [5.41, 5.74) is 3.96. The van der Waals surface area contributed by atoms with Crippen LogP contribution >= 0.6 is 15.9 Å². The number of halogens is 2. The van der Waals surface area contributed by atoms with Gasteiger partial charge in [-0.2, -0.15) is 0 Å². The lowest BCUT2D eigenvalue weighted by atomic mass is 9.99. The van der Waals surface area contributed by atoms with E-state index in [4.69, 9.17) is 9.15 Å². The van der Waals surface area contributed by atoms with Gasteiger partial charge in [-0.05, 0) is 50.6 Å². The first-order valence-corrected chi connectivity index (χ1v) is 9.05. The van der Waals surface area contributed by atoms with Gasteiger partial charge in [0.15, 0.2) is 6.73 Å². The van der Waals surface area contributed by atoms with E-state index in [-0.39, 0.29) is 18.2 Å². The summed E-state index contributed by atoms with van der Waals surface area (Å²) in [6.07, 6.45) is 0. The van der Waals surface area contributed by atoms with Gasteiger partial charge in [0.2, 0.25) is 0 Å². The zero-order valence-corrected chi connectivity index (χ0v) is 16.2. The lowest BCUT2D eigenvalue weighted by Crippen LogP contribution is -2.33. The molecule has 1 aliphatic heterocycles. The third-order valence-corrected chi connectivity index (χ3v) is 5.47. The number of ether oxygens (including phenoxy) is 1. The average molecular weight is 418 g/mol. The molecule has 4 rings (SSSR count). The van der Waals surface area contributed by atoms with Gasteiger partial charge in [0, 0.05) is 33.1 Å². The second kappa shape index (κ2) is 6.13. The maximum absolute atomic E-state index is 14.3. The molecule has 0 atom stereocenters. The zero-order chi connectivity index (χ0) is 18.6. The number of fused-ring (bicyclic) bond motifs is 2. The monoisotopic (exact) mass is 417 g/mol. The van der Waals surface area contributed by atoms with E-state index in [1.54, 1.807) is 13.0 Å². The van der Waals surface area contributed by atoms with Crippen LogP contribution in [-0.4, -0.2) is 6.73 Å². The van der Waals surface area contributed by atoms with Gasteiger partial charge in [-0.25, -0.2) is 9.18 Å². The molecule has 0 fully saturated rings. The van der Waals surface area contributed by atoms with Crippen molar-refractivity contribution in [1.29, 1.82) is 0 Å². The number of nitrogens with zero attached hydrogens (tertiary/aromatic N) is 1. The SMILES string of the molecule is Cc1c(C)c2cc3c(c(C)c2oc1=O)OCN(c1ccc(Br)cc1F)C3. The Morgan fingerprint density at radius 2 is 1.88 bits per heavy atom. The predicted octanol–water partition coefficient (Wildman–Crippen LogP) is 4.98. The van der Waals surface area contributed by atoms with Crippen LogP contribution in [0.5, 0.6) is 5.75 Å². The Bertz CT molecular complexity index is 1110. The van der Waals surface area contributed by atoms with E-state index >= 15 is 0 Å². The second-order valence-corrected chi connectivity index (χ2v) is 7.49. The molecule has 0 aliphatic carbocycles. The molecule has 26 heavy (non-hydrogen) atoms. The number of hydrogen-bond acceptors (Lipinski definition) is 4. The Balaban J connectivity index is 1.84. The second-order valence-electron chi connectivity index (χ2n) is 6.57. The fraction of sp³-hybridized carbons (Fsp3) is 0.250. The summed E-state index contributed by atoms with van der Waals surface area (Å²) in [7, 11) is 0. The molecule has 0 saturated heterocycles. The summed E-state index contributed by atoms with van der Waals surface area (Å²) in [6, 6.07) is 6.96. The molecule has 0 amide bonds. The van der Waals surface area contributed by atoms with Crippen LogP contribution in [0.1, 0.15) is 22.3 Å². The number of anilines is 1. The van der Waals surface area contributed by atoms with Crippen molar-refractivity contribution >= 4 is 32.6 Å². The number of rotatable bonds is 1. The van der Waals surface area contributed by atoms with Crippen molar-refractivity contribution in [2.24, 2.45) is 0 Å². The van der Waals surface area contributed by atoms with Crippen LogP contribution in [0.3, 0.4) is 0 Å². The Labute approximate surface area is 158 Å². The van der Waals surface area contributed by atoms with Crippen molar-refractivity contribution in [3.05, 3.63) is 67.2 Å². The van der Waals surface area contributed by atoms with Gasteiger partial charge in [-0.1, -0.05) is 15.9 Å². The molecule has 0 bridgehead atoms. The largest absolute Gasteiger partial charge is 0.472 e. The summed E-state index contributed by atoms with van der Waals surface area (Å²) in [4.78, 5) is 13.9. The van der Waals surface area contributed by atoms with Gasteiger partial charge >= 0.3 is 5.63 Å². The summed E-state index contributed by atoms with van der Waals surface area (Å²) < 4.78 is 26.4. The molecule has 0 N–H and O–H groups in total. The van der Waals surface area contributed by atoms with E-state index in [0.29, 0.717) is 33.6 Å². The molecule has 2 aromatic carbocycles. The van der Waals surface area contributed by atoms with Gasteiger partial charge in [0.25, 0.3) is 0 Å². The van der Waals surface area contributed by atoms with Crippen molar-refractivity contribution < 1.29 is 13.5 Å². The van der Waals surface area contributed by atoms with Crippen LogP contribution in [0.2, 0.25) is 0 Å². The van der Waals surface area contributed by atoms with Gasteiger partial charge < -0.3 is 14.1 Å². The van der Waals surface area contributed by atoms with Crippen LogP contribution in [0.25, 0.3) is 11.0 Å². The lowest BCUT2D eigenvalue weighted by molar-refractivity contribution is 0.286. The zero-order valence-electron chi connectivity index (χ0n) is 14.7. The Morgan fingerprint density at radius 1 is 1.12 bits per heavy atom. The van der Waals surface area contributed by atoms with Gasteiger partial charge in [0.05, 0.1) is 5.69 Å². The molecule has 0 spiro atoms. The molecule has 0 radical (unpaired) electrons. The first kappa shape index (κ1) is 17.1. The third kappa shape index (κ3) is 2.60. The predicted molar refractivity (Wildman–Crippen MR) is 102 cm³/mol. The first-order chi connectivity index (χ1) is 12.4. The molecule has 1 aromatic heterocycles. The van der Waals surface area contributed by atoms with Crippen molar-refractivity contribution in [3.8, 4) is 5.75 Å². The quantitative estimate of drug-likeness (QED) is 0.523. The number of benzene rings is 2. The van der Waals surface area contributed by atoms with Crippen LogP contribution in [0.15, 0.2) is 37.9 Å². The molecule has 1 aliphatic rings. The molecule has 6 heteroatoms. The van der Waals surface area contributed by atoms with Crippen LogP contribution in [0, 0.1) is 26.6 Å². The highest BCUT2D eigenvalue weighted by molar-refractivity contribution is 9.10. The minimum Gasteiger partial charge on any atom is -0.472 e. The molecule has 2 heterocycles. The number of hydrogen-bond donors (Lipinski definition) is 0.